The van der Waals surface area contributed by atoms with Crippen molar-refractivity contribution in [3.63, 3.8) is 0 Å². The normalized spacial score (nSPS) is 16.2. The molecule has 31 heavy (non-hydrogen) atoms. The number of aromatic nitrogens is 2. The molecule has 0 bridgehead atoms. The summed E-state index contributed by atoms with van der Waals surface area (Å²) in [6, 6.07) is 26.1. The molecule has 5 rings (SSSR count). The van der Waals surface area contributed by atoms with E-state index < -0.39 is 0 Å². The molecule has 5 heteroatoms. The van der Waals surface area contributed by atoms with Gasteiger partial charge in [0.1, 0.15) is 18.2 Å². The van der Waals surface area contributed by atoms with Crippen molar-refractivity contribution in [1.82, 2.24) is 9.55 Å². The minimum absolute atomic E-state index is 0.0529. The monoisotopic (exact) mass is 411 g/mol. The number of ether oxygens (including phenoxy) is 1. The molecule has 0 aliphatic carbocycles. The molecule has 156 valence electrons. The van der Waals surface area contributed by atoms with E-state index in [-0.39, 0.29) is 11.8 Å². The topological polar surface area (TPSA) is 47.4 Å². The third-order valence-electron chi connectivity index (χ3n) is 5.81. The number of hydrogen-bond donors (Lipinski definition) is 0. The van der Waals surface area contributed by atoms with Crippen LogP contribution in [0.4, 0.5) is 5.69 Å². The van der Waals surface area contributed by atoms with Gasteiger partial charge in [0.2, 0.25) is 5.91 Å². The van der Waals surface area contributed by atoms with Crippen molar-refractivity contribution in [1.29, 1.82) is 0 Å². The van der Waals surface area contributed by atoms with Crippen LogP contribution in [0.1, 0.15) is 23.7 Å². The highest BCUT2D eigenvalue weighted by Crippen LogP contribution is 2.33. The van der Waals surface area contributed by atoms with E-state index in [2.05, 4.69) is 16.7 Å². The summed E-state index contributed by atoms with van der Waals surface area (Å²) < 4.78 is 8.16. The van der Waals surface area contributed by atoms with Crippen LogP contribution in [0.5, 0.6) is 5.75 Å². The van der Waals surface area contributed by atoms with Crippen molar-refractivity contribution in [2.75, 3.05) is 18.1 Å². The maximum Gasteiger partial charge on any atom is 0.227 e. The zero-order valence-corrected chi connectivity index (χ0v) is 17.6. The largest absolute Gasteiger partial charge is 0.492 e. The molecule has 0 unspecified atom stereocenters. The molecule has 4 aromatic rings. The first kappa shape index (κ1) is 19.4. The predicted molar refractivity (Wildman–Crippen MR) is 123 cm³/mol. The molecule has 1 aromatic heterocycles. The van der Waals surface area contributed by atoms with Crippen molar-refractivity contribution >= 4 is 22.6 Å². The lowest BCUT2D eigenvalue weighted by atomic mass is 10.1. The first-order valence-corrected chi connectivity index (χ1v) is 10.7. The predicted octanol–water partition coefficient (Wildman–Crippen LogP) is 4.94. The second-order valence-electron chi connectivity index (χ2n) is 8.02. The molecular weight excluding hydrogens is 386 g/mol. The van der Waals surface area contributed by atoms with Gasteiger partial charge in [-0.1, -0.05) is 42.5 Å². The average molecular weight is 412 g/mol. The molecule has 2 heterocycles. The van der Waals surface area contributed by atoms with E-state index in [0.717, 1.165) is 33.9 Å². The van der Waals surface area contributed by atoms with Gasteiger partial charge >= 0.3 is 0 Å². The lowest BCUT2D eigenvalue weighted by Gasteiger charge is -2.18. The number of amides is 1. The molecule has 0 saturated carbocycles. The molecule has 1 atom stereocenters. The lowest BCUT2D eigenvalue weighted by molar-refractivity contribution is -0.117. The van der Waals surface area contributed by atoms with E-state index in [1.54, 1.807) is 0 Å². The van der Waals surface area contributed by atoms with Crippen LogP contribution in [-0.2, 0) is 11.3 Å². The van der Waals surface area contributed by atoms with Gasteiger partial charge < -0.3 is 14.2 Å². The van der Waals surface area contributed by atoms with Gasteiger partial charge in [0.15, 0.2) is 0 Å². The van der Waals surface area contributed by atoms with Crippen molar-refractivity contribution in [2.24, 2.45) is 0 Å². The molecule has 5 nitrogen and oxygen atoms in total. The number of anilines is 1. The molecule has 1 aliphatic heterocycles. The fourth-order valence-corrected chi connectivity index (χ4v) is 4.34. The molecule has 0 N–H and O–H groups in total. The Labute approximate surface area is 181 Å². The zero-order valence-electron chi connectivity index (χ0n) is 17.6. The Kier molecular flexibility index (Phi) is 5.16. The summed E-state index contributed by atoms with van der Waals surface area (Å²) in [5.41, 5.74) is 4.15. The fraction of sp³-hybridized carbons (Fsp3) is 0.231. The maximum atomic E-state index is 12.9. The SMILES string of the molecule is Cc1cccc(N2C[C@@H](c3nc4ccccc4n3CCOc3ccccc3)CC2=O)c1. The average Bonchev–Trinajstić information content (AvgIpc) is 3.35. The van der Waals surface area contributed by atoms with Crippen molar-refractivity contribution in [3.8, 4) is 5.75 Å². The van der Waals surface area contributed by atoms with E-state index >= 15 is 0 Å². The molecule has 3 aromatic carbocycles. The van der Waals surface area contributed by atoms with Crippen LogP contribution >= 0.6 is 0 Å². The Morgan fingerprint density at radius 2 is 1.81 bits per heavy atom. The number of fused-ring (bicyclic) bond motifs is 1. The first-order chi connectivity index (χ1) is 15.2. The smallest absolute Gasteiger partial charge is 0.227 e. The molecular formula is C26H25N3O2. The van der Waals surface area contributed by atoms with Gasteiger partial charge in [0.25, 0.3) is 0 Å². The lowest BCUT2D eigenvalue weighted by Crippen LogP contribution is -2.24. The van der Waals surface area contributed by atoms with E-state index in [9.17, 15) is 4.79 Å². The molecule has 1 aliphatic rings. The minimum atomic E-state index is 0.0529. The number of carbonyl (C=O) groups excluding carboxylic acids is 1. The fourth-order valence-electron chi connectivity index (χ4n) is 4.34. The van der Waals surface area contributed by atoms with Crippen LogP contribution in [0.3, 0.4) is 0 Å². The number of imidazole rings is 1. The van der Waals surface area contributed by atoms with Crippen molar-refractivity contribution in [3.05, 3.63) is 90.3 Å². The van der Waals surface area contributed by atoms with Gasteiger partial charge in [-0.15, -0.1) is 0 Å². The number of benzene rings is 3. The van der Waals surface area contributed by atoms with E-state index in [1.165, 1.54) is 0 Å². The molecule has 1 amide bonds. The van der Waals surface area contributed by atoms with Gasteiger partial charge in [0, 0.05) is 24.6 Å². The Balaban J connectivity index is 1.41. The van der Waals surface area contributed by atoms with Crippen LogP contribution in [0, 0.1) is 6.92 Å². The Morgan fingerprint density at radius 1 is 1.00 bits per heavy atom. The molecule has 0 spiro atoms. The zero-order chi connectivity index (χ0) is 21.2. The quantitative estimate of drug-likeness (QED) is 0.451. The van der Waals surface area contributed by atoms with Gasteiger partial charge in [-0.2, -0.15) is 0 Å². The van der Waals surface area contributed by atoms with Crippen molar-refractivity contribution in [2.45, 2.75) is 25.8 Å². The van der Waals surface area contributed by atoms with Gasteiger partial charge in [-0.3, -0.25) is 4.79 Å². The number of hydrogen-bond acceptors (Lipinski definition) is 3. The molecule has 1 fully saturated rings. The van der Waals surface area contributed by atoms with E-state index in [0.29, 0.717) is 26.1 Å². The summed E-state index contributed by atoms with van der Waals surface area (Å²) in [5.74, 6) is 2.02. The van der Waals surface area contributed by atoms with Crippen LogP contribution < -0.4 is 9.64 Å². The summed E-state index contributed by atoms with van der Waals surface area (Å²) in [4.78, 5) is 19.7. The second kappa shape index (κ2) is 8.26. The van der Waals surface area contributed by atoms with Crippen LogP contribution in [-0.4, -0.2) is 28.6 Å². The third-order valence-corrected chi connectivity index (χ3v) is 5.81. The highest BCUT2D eigenvalue weighted by molar-refractivity contribution is 5.96. The van der Waals surface area contributed by atoms with Crippen LogP contribution in [0.2, 0.25) is 0 Å². The molecule has 1 saturated heterocycles. The highest BCUT2D eigenvalue weighted by Gasteiger charge is 2.34. The summed E-state index contributed by atoms with van der Waals surface area (Å²) in [7, 11) is 0. The van der Waals surface area contributed by atoms with Gasteiger partial charge in [-0.25, -0.2) is 4.98 Å². The minimum Gasteiger partial charge on any atom is -0.492 e. The number of rotatable bonds is 6. The third kappa shape index (κ3) is 3.91. The van der Waals surface area contributed by atoms with Crippen LogP contribution in [0.25, 0.3) is 11.0 Å². The number of para-hydroxylation sites is 3. The maximum absolute atomic E-state index is 12.9. The summed E-state index contributed by atoms with van der Waals surface area (Å²) in [6.45, 7) is 3.92. The standard InChI is InChI=1S/C26H25N3O2/c1-19-8-7-9-21(16-19)29-18-20(17-25(29)30)26-27-23-12-5-6-13-24(23)28(26)14-15-31-22-10-3-2-4-11-22/h2-13,16,20H,14-15,17-18H2,1H3/t20-/m0/s1. The summed E-state index contributed by atoms with van der Waals surface area (Å²) >= 11 is 0. The highest BCUT2D eigenvalue weighted by atomic mass is 16.5. The van der Waals surface area contributed by atoms with Crippen LogP contribution in [0.15, 0.2) is 78.9 Å². The van der Waals surface area contributed by atoms with E-state index in [1.807, 2.05) is 78.6 Å². The number of aryl methyl sites for hydroxylation is 1. The number of carbonyl (C=O) groups is 1. The van der Waals surface area contributed by atoms with Gasteiger partial charge in [0.05, 0.1) is 17.6 Å². The van der Waals surface area contributed by atoms with E-state index in [4.69, 9.17) is 9.72 Å². The summed E-state index contributed by atoms with van der Waals surface area (Å²) in [6.07, 6.45) is 0.469. The number of nitrogens with zero attached hydrogens (tertiary/aromatic N) is 3. The summed E-state index contributed by atoms with van der Waals surface area (Å²) in [5, 5.41) is 0. The second-order valence-corrected chi connectivity index (χ2v) is 8.02. The van der Waals surface area contributed by atoms with Crippen molar-refractivity contribution < 1.29 is 9.53 Å². The Morgan fingerprint density at radius 3 is 2.65 bits per heavy atom. The molecule has 0 radical (unpaired) electrons. The Hall–Kier alpha value is -3.60. The Bertz CT molecular complexity index is 1220. The van der Waals surface area contributed by atoms with Gasteiger partial charge in [-0.05, 0) is 48.9 Å². The first-order valence-electron chi connectivity index (χ1n) is 10.7.